The molecule has 0 bridgehead atoms. The molecule has 3 heteroatoms. The fourth-order valence-electron chi connectivity index (χ4n) is 5.93. The normalized spacial score (nSPS) is 19.0. The van der Waals surface area contributed by atoms with Crippen molar-refractivity contribution < 1.29 is 0 Å². The van der Waals surface area contributed by atoms with E-state index < -0.39 is 0 Å². The van der Waals surface area contributed by atoms with Crippen molar-refractivity contribution in [2.24, 2.45) is 22.6 Å². The van der Waals surface area contributed by atoms with E-state index >= 15 is 0 Å². The molecule has 0 unspecified atom stereocenters. The van der Waals surface area contributed by atoms with Gasteiger partial charge in [0.25, 0.3) is 0 Å². The van der Waals surface area contributed by atoms with E-state index in [1.165, 1.54) is 57.8 Å². The van der Waals surface area contributed by atoms with Crippen molar-refractivity contribution in [1.29, 1.82) is 0 Å². The molecule has 1 aliphatic carbocycles. The average molecular weight is 382 g/mol. The van der Waals surface area contributed by atoms with E-state index in [9.17, 15) is 0 Å². The van der Waals surface area contributed by atoms with Crippen molar-refractivity contribution in [1.82, 2.24) is 10.7 Å². The largest absolute Gasteiger partial charge is 0.310 e. The molecule has 27 heavy (non-hydrogen) atoms. The van der Waals surface area contributed by atoms with E-state index in [4.69, 9.17) is 5.84 Å². The van der Waals surface area contributed by atoms with E-state index in [1.807, 2.05) is 0 Å². The summed E-state index contributed by atoms with van der Waals surface area (Å²) in [6.45, 7) is 20.1. The highest BCUT2D eigenvalue weighted by molar-refractivity contribution is 5.03. The molecule has 4 N–H and O–H groups in total. The fraction of sp³-hybridized carbons (Fsp3) is 1.00. The zero-order valence-electron chi connectivity index (χ0n) is 19.9. The maximum absolute atomic E-state index is 5.77. The third-order valence-electron chi connectivity index (χ3n) is 7.78. The first-order chi connectivity index (χ1) is 12.5. The summed E-state index contributed by atoms with van der Waals surface area (Å²) in [5.74, 6) is 6.60. The zero-order chi connectivity index (χ0) is 20.8. The van der Waals surface area contributed by atoms with Crippen LogP contribution in [0.3, 0.4) is 0 Å². The predicted octanol–water partition coefficient (Wildman–Crippen LogP) is 6.18. The summed E-state index contributed by atoms with van der Waals surface area (Å²) in [6, 6.07) is 0. The van der Waals surface area contributed by atoms with Crippen LogP contribution in [0.4, 0.5) is 0 Å². The number of hydrazine groups is 1. The second-order valence-corrected chi connectivity index (χ2v) is 11.3. The highest BCUT2D eigenvalue weighted by Gasteiger charge is 2.47. The molecular formula is C24H51N3. The quantitative estimate of drug-likeness (QED) is 0.313. The van der Waals surface area contributed by atoms with Gasteiger partial charge in [-0.15, -0.1) is 0 Å². The Morgan fingerprint density at radius 1 is 0.815 bits per heavy atom. The van der Waals surface area contributed by atoms with Crippen molar-refractivity contribution in [3.8, 4) is 0 Å². The summed E-state index contributed by atoms with van der Waals surface area (Å²) in [4.78, 5) is 0. The molecule has 0 spiro atoms. The average Bonchev–Trinajstić information content (AvgIpc) is 2.54. The molecule has 0 saturated heterocycles. The number of nitrogens with two attached hydrogens (primary N) is 1. The molecule has 162 valence electrons. The molecule has 0 atom stereocenters. The lowest BCUT2D eigenvalue weighted by atomic mass is 9.59. The van der Waals surface area contributed by atoms with Crippen molar-refractivity contribution in [3.05, 3.63) is 0 Å². The van der Waals surface area contributed by atoms with Crippen LogP contribution in [0.1, 0.15) is 120 Å². The van der Waals surface area contributed by atoms with Gasteiger partial charge in [-0.3, -0.25) is 11.3 Å². The minimum atomic E-state index is -0.0404. The van der Waals surface area contributed by atoms with E-state index in [1.54, 1.807) is 0 Å². The van der Waals surface area contributed by atoms with Gasteiger partial charge >= 0.3 is 0 Å². The molecule has 1 saturated carbocycles. The molecular weight excluding hydrogens is 330 g/mol. The number of rotatable bonds is 10. The van der Waals surface area contributed by atoms with Gasteiger partial charge in [-0.1, -0.05) is 73.6 Å². The van der Waals surface area contributed by atoms with Gasteiger partial charge in [0.15, 0.2) is 0 Å². The summed E-state index contributed by atoms with van der Waals surface area (Å²) < 4.78 is 0. The molecule has 0 aromatic rings. The molecule has 0 heterocycles. The Bertz CT molecular complexity index is 413. The first kappa shape index (κ1) is 24.9. The van der Waals surface area contributed by atoms with Crippen LogP contribution in [0.5, 0.6) is 0 Å². The first-order valence-electron chi connectivity index (χ1n) is 11.7. The molecule has 1 aliphatic rings. The number of hydrogen-bond acceptors (Lipinski definition) is 3. The molecule has 0 aromatic carbocycles. The van der Waals surface area contributed by atoms with Gasteiger partial charge in [-0.25, -0.2) is 0 Å². The highest BCUT2D eigenvalue weighted by Crippen LogP contribution is 2.47. The summed E-state index contributed by atoms with van der Waals surface area (Å²) in [6.07, 6.45) is 13.4. The minimum absolute atomic E-state index is 0.0404. The molecule has 1 fully saturated rings. The van der Waals surface area contributed by atoms with Crippen LogP contribution in [0.25, 0.3) is 0 Å². The van der Waals surface area contributed by atoms with Crippen LogP contribution in [0, 0.1) is 16.7 Å². The third-order valence-corrected chi connectivity index (χ3v) is 7.78. The van der Waals surface area contributed by atoms with Crippen molar-refractivity contribution >= 4 is 0 Å². The second kappa shape index (κ2) is 10.1. The maximum atomic E-state index is 5.77. The van der Waals surface area contributed by atoms with E-state index in [2.05, 4.69) is 66.1 Å². The third kappa shape index (κ3) is 6.72. The van der Waals surface area contributed by atoms with Crippen LogP contribution < -0.4 is 16.6 Å². The summed E-state index contributed by atoms with van der Waals surface area (Å²) in [7, 11) is 0. The lowest BCUT2D eigenvalue weighted by molar-refractivity contribution is 0.0199. The Morgan fingerprint density at radius 3 is 1.74 bits per heavy atom. The molecule has 0 amide bonds. The molecule has 0 aromatic heterocycles. The minimum Gasteiger partial charge on any atom is -0.310 e. The zero-order valence-corrected chi connectivity index (χ0v) is 19.9. The fourth-order valence-corrected chi connectivity index (χ4v) is 5.93. The Morgan fingerprint density at radius 2 is 1.30 bits per heavy atom. The van der Waals surface area contributed by atoms with Gasteiger partial charge in [0.1, 0.15) is 0 Å². The van der Waals surface area contributed by atoms with Crippen molar-refractivity contribution in [2.75, 3.05) is 6.54 Å². The van der Waals surface area contributed by atoms with Gasteiger partial charge in [-0.2, -0.15) is 0 Å². The predicted molar refractivity (Wildman–Crippen MR) is 121 cm³/mol. The van der Waals surface area contributed by atoms with Gasteiger partial charge in [-0.05, 0) is 62.7 Å². The Hall–Kier alpha value is -0.120. The highest BCUT2D eigenvalue weighted by atomic mass is 15.3. The number of nitrogens with one attached hydrogen (secondary N) is 2. The van der Waals surface area contributed by atoms with Gasteiger partial charge in [0.05, 0.1) is 0 Å². The van der Waals surface area contributed by atoms with Crippen LogP contribution in [0.2, 0.25) is 0 Å². The standard InChI is InChI=1S/C24H51N3/c1-9-24(10-2,26-19-21(3,4)18-22(5,6)27-25)23(7,8)20-16-14-12-11-13-15-17-20/h20,26-27H,9-19,25H2,1-8H3. The first-order valence-corrected chi connectivity index (χ1v) is 11.7. The monoisotopic (exact) mass is 381 g/mol. The SMILES string of the molecule is CCC(CC)(NCC(C)(C)CC(C)(C)NN)C(C)(C)C1CCCCCCC1. The molecule has 1 rings (SSSR count). The smallest absolute Gasteiger partial charge is 0.0270 e. The summed E-state index contributed by atoms with van der Waals surface area (Å²) in [5, 5.41) is 4.12. The molecule has 3 nitrogen and oxygen atoms in total. The Balaban J connectivity index is 2.94. The molecule has 0 radical (unpaired) electrons. The van der Waals surface area contributed by atoms with Crippen LogP contribution >= 0.6 is 0 Å². The summed E-state index contributed by atoms with van der Waals surface area (Å²) in [5.41, 5.74) is 3.66. The lowest BCUT2D eigenvalue weighted by Gasteiger charge is -2.53. The number of hydrogen-bond donors (Lipinski definition) is 3. The van der Waals surface area contributed by atoms with Crippen LogP contribution in [-0.2, 0) is 0 Å². The van der Waals surface area contributed by atoms with Gasteiger partial charge in [0.2, 0.25) is 0 Å². The topological polar surface area (TPSA) is 50.1 Å². The Kier molecular flexibility index (Phi) is 9.30. The van der Waals surface area contributed by atoms with Gasteiger partial charge < -0.3 is 5.32 Å². The molecule has 0 aliphatic heterocycles. The Labute approximate surface area is 171 Å². The summed E-state index contributed by atoms with van der Waals surface area (Å²) >= 11 is 0. The van der Waals surface area contributed by atoms with Crippen LogP contribution in [-0.4, -0.2) is 17.6 Å². The van der Waals surface area contributed by atoms with E-state index in [0.29, 0.717) is 5.41 Å². The van der Waals surface area contributed by atoms with Crippen molar-refractivity contribution in [2.45, 2.75) is 131 Å². The van der Waals surface area contributed by atoms with E-state index in [0.717, 1.165) is 18.9 Å². The maximum Gasteiger partial charge on any atom is 0.0270 e. The second-order valence-electron chi connectivity index (χ2n) is 11.3. The van der Waals surface area contributed by atoms with Gasteiger partial charge in [0, 0.05) is 17.6 Å². The van der Waals surface area contributed by atoms with Crippen LogP contribution in [0.15, 0.2) is 0 Å². The van der Waals surface area contributed by atoms with E-state index in [-0.39, 0.29) is 16.5 Å². The lowest BCUT2D eigenvalue weighted by Crippen LogP contribution is -2.60. The van der Waals surface area contributed by atoms with Crippen molar-refractivity contribution in [3.63, 3.8) is 0 Å².